The number of rotatable bonds is 6. The van der Waals surface area contributed by atoms with E-state index >= 15 is 0 Å². The fourth-order valence-corrected chi connectivity index (χ4v) is 2.23. The highest BCUT2D eigenvalue weighted by Gasteiger charge is 2.20. The van der Waals surface area contributed by atoms with E-state index < -0.39 is 0 Å². The van der Waals surface area contributed by atoms with Crippen molar-refractivity contribution in [3.8, 4) is 0 Å². The van der Waals surface area contributed by atoms with Crippen LogP contribution >= 0.6 is 0 Å². The Morgan fingerprint density at radius 2 is 2.07 bits per heavy atom. The van der Waals surface area contributed by atoms with Crippen LogP contribution < -0.4 is 0 Å². The molecule has 0 amide bonds. The molecule has 1 aliphatic heterocycles. The van der Waals surface area contributed by atoms with E-state index in [9.17, 15) is 4.79 Å². The molecule has 0 saturated carbocycles. The second-order valence-corrected chi connectivity index (χ2v) is 4.66. The Balaban J connectivity index is 2.07. The molecule has 0 N–H and O–H groups in total. The van der Waals surface area contributed by atoms with E-state index in [0.717, 1.165) is 19.1 Å². The number of nitrogens with zero attached hydrogens (tertiary/aromatic N) is 2. The van der Waals surface area contributed by atoms with Gasteiger partial charge in [-0.25, -0.2) is 0 Å². The van der Waals surface area contributed by atoms with Gasteiger partial charge in [0, 0.05) is 32.1 Å². The van der Waals surface area contributed by atoms with Crippen molar-refractivity contribution in [3.63, 3.8) is 0 Å². The van der Waals surface area contributed by atoms with Crippen LogP contribution in [0.25, 0.3) is 0 Å². The Hall–Kier alpha value is -0.410. The summed E-state index contributed by atoms with van der Waals surface area (Å²) in [6.07, 6.45) is 5.25. The van der Waals surface area contributed by atoms with Crippen molar-refractivity contribution in [2.24, 2.45) is 0 Å². The number of hydrogen-bond acceptors (Lipinski definition) is 3. The molecular weight excluding hydrogens is 188 g/mol. The molecule has 1 fully saturated rings. The largest absolute Gasteiger partial charge is 0.304 e. The molecule has 1 unspecified atom stereocenters. The summed E-state index contributed by atoms with van der Waals surface area (Å²) in [7, 11) is 2.19. The fraction of sp³-hybridized carbons (Fsp3) is 0.917. The van der Waals surface area contributed by atoms with Crippen LogP contribution in [0.1, 0.15) is 32.6 Å². The van der Waals surface area contributed by atoms with Gasteiger partial charge in [0.1, 0.15) is 6.29 Å². The van der Waals surface area contributed by atoms with Crippen LogP contribution in [0.2, 0.25) is 0 Å². The van der Waals surface area contributed by atoms with Crippen molar-refractivity contribution >= 4 is 6.29 Å². The average molecular weight is 212 g/mol. The summed E-state index contributed by atoms with van der Waals surface area (Å²) in [5.74, 6) is 0. The molecule has 0 aromatic carbocycles. The zero-order chi connectivity index (χ0) is 11.1. The number of carbonyl (C=O) groups excluding carboxylic acids is 1. The van der Waals surface area contributed by atoms with Crippen molar-refractivity contribution in [3.05, 3.63) is 0 Å². The average Bonchev–Trinajstić information content (AvgIpc) is 2.20. The summed E-state index contributed by atoms with van der Waals surface area (Å²) in [4.78, 5) is 15.1. The van der Waals surface area contributed by atoms with Gasteiger partial charge in [0.05, 0.1) is 0 Å². The molecular formula is C12H24N2O. The predicted molar refractivity (Wildman–Crippen MR) is 63.1 cm³/mol. The first-order valence-corrected chi connectivity index (χ1v) is 6.10. The quantitative estimate of drug-likeness (QED) is 0.491. The number of hydrogen-bond donors (Lipinski definition) is 0. The Morgan fingerprint density at radius 1 is 1.27 bits per heavy atom. The molecule has 0 bridgehead atoms. The van der Waals surface area contributed by atoms with Crippen molar-refractivity contribution in [1.29, 1.82) is 0 Å². The van der Waals surface area contributed by atoms with Crippen LogP contribution in [0.5, 0.6) is 0 Å². The van der Waals surface area contributed by atoms with Gasteiger partial charge in [0.25, 0.3) is 0 Å². The van der Waals surface area contributed by atoms with Crippen LogP contribution in [0, 0.1) is 0 Å². The first-order valence-electron chi connectivity index (χ1n) is 6.10. The van der Waals surface area contributed by atoms with Gasteiger partial charge in [-0.3, -0.25) is 4.90 Å². The molecule has 0 aliphatic carbocycles. The van der Waals surface area contributed by atoms with E-state index in [1.165, 1.54) is 39.0 Å². The molecule has 1 aliphatic rings. The summed E-state index contributed by atoms with van der Waals surface area (Å²) >= 11 is 0. The van der Waals surface area contributed by atoms with E-state index in [-0.39, 0.29) is 0 Å². The summed E-state index contributed by atoms with van der Waals surface area (Å²) < 4.78 is 0. The molecule has 0 aromatic rings. The first-order chi connectivity index (χ1) is 7.24. The lowest BCUT2D eigenvalue weighted by Crippen LogP contribution is -2.50. The Kier molecular flexibility index (Phi) is 5.88. The lowest BCUT2D eigenvalue weighted by atomic mass is 10.1. The Bertz CT molecular complexity index is 184. The summed E-state index contributed by atoms with van der Waals surface area (Å²) in [5.41, 5.74) is 0. The maximum absolute atomic E-state index is 10.1. The second kappa shape index (κ2) is 6.96. The molecule has 0 radical (unpaired) electrons. The number of carbonyl (C=O) groups is 1. The normalized spacial score (nSPS) is 24.3. The predicted octanol–water partition coefficient (Wildman–Crippen LogP) is 1.38. The van der Waals surface area contributed by atoms with Crippen molar-refractivity contribution in [2.75, 3.05) is 33.2 Å². The summed E-state index contributed by atoms with van der Waals surface area (Å²) in [5, 5.41) is 0. The molecule has 1 atom stereocenters. The highest BCUT2D eigenvalue weighted by Crippen LogP contribution is 2.09. The third-order valence-electron chi connectivity index (χ3n) is 3.24. The van der Waals surface area contributed by atoms with Crippen LogP contribution in [0.15, 0.2) is 0 Å². The van der Waals surface area contributed by atoms with Crippen molar-refractivity contribution in [1.82, 2.24) is 9.80 Å². The smallest absolute Gasteiger partial charge is 0.119 e. The highest BCUT2D eigenvalue weighted by atomic mass is 16.1. The molecule has 1 saturated heterocycles. The van der Waals surface area contributed by atoms with E-state index in [1.807, 2.05) is 0 Å². The maximum Gasteiger partial charge on any atom is 0.119 e. The summed E-state index contributed by atoms with van der Waals surface area (Å²) in [6.45, 7) is 7.09. The third-order valence-corrected chi connectivity index (χ3v) is 3.24. The molecule has 3 nitrogen and oxygen atoms in total. The van der Waals surface area contributed by atoms with E-state index in [2.05, 4.69) is 23.8 Å². The van der Waals surface area contributed by atoms with E-state index in [0.29, 0.717) is 6.04 Å². The van der Waals surface area contributed by atoms with Crippen LogP contribution in [-0.2, 0) is 4.79 Å². The van der Waals surface area contributed by atoms with E-state index in [4.69, 9.17) is 0 Å². The lowest BCUT2D eigenvalue weighted by Gasteiger charge is -2.38. The van der Waals surface area contributed by atoms with Gasteiger partial charge < -0.3 is 9.69 Å². The third kappa shape index (κ3) is 4.76. The van der Waals surface area contributed by atoms with Gasteiger partial charge in [0.2, 0.25) is 0 Å². The van der Waals surface area contributed by atoms with Crippen LogP contribution in [0.4, 0.5) is 0 Å². The topological polar surface area (TPSA) is 23.6 Å². The van der Waals surface area contributed by atoms with Gasteiger partial charge in [-0.1, -0.05) is 6.42 Å². The van der Waals surface area contributed by atoms with Gasteiger partial charge >= 0.3 is 0 Å². The zero-order valence-electron chi connectivity index (χ0n) is 10.1. The van der Waals surface area contributed by atoms with Crippen LogP contribution in [-0.4, -0.2) is 55.4 Å². The molecule has 15 heavy (non-hydrogen) atoms. The second-order valence-electron chi connectivity index (χ2n) is 4.66. The minimum atomic E-state index is 0.690. The number of aldehydes is 1. The van der Waals surface area contributed by atoms with E-state index in [1.54, 1.807) is 0 Å². The van der Waals surface area contributed by atoms with Crippen molar-refractivity contribution in [2.45, 2.75) is 38.6 Å². The number of unbranched alkanes of at least 4 members (excludes halogenated alkanes) is 3. The molecule has 3 heteroatoms. The molecule has 0 spiro atoms. The number of piperazine rings is 1. The minimum Gasteiger partial charge on any atom is -0.304 e. The monoisotopic (exact) mass is 212 g/mol. The Morgan fingerprint density at radius 3 is 2.73 bits per heavy atom. The van der Waals surface area contributed by atoms with Gasteiger partial charge in [-0.15, -0.1) is 0 Å². The standard InChI is InChI=1S/C12H24N2O/c1-12-11-13(2)8-9-14(12)7-5-3-4-6-10-15/h10,12H,3-9,11H2,1-2H3. The zero-order valence-corrected chi connectivity index (χ0v) is 10.1. The lowest BCUT2D eigenvalue weighted by molar-refractivity contribution is -0.107. The van der Waals surface area contributed by atoms with Crippen molar-refractivity contribution < 1.29 is 4.79 Å². The molecule has 88 valence electrons. The molecule has 1 rings (SSSR count). The van der Waals surface area contributed by atoms with Crippen LogP contribution in [0.3, 0.4) is 0 Å². The minimum absolute atomic E-state index is 0.690. The maximum atomic E-state index is 10.1. The van der Waals surface area contributed by atoms with Gasteiger partial charge in [-0.05, 0) is 33.4 Å². The molecule has 1 heterocycles. The number of likely N-dealkylation sites (N-methyl/N-ethyl adjacent to an activating group) is 1. The first kappa shape index (κ1) is 12.7. The summed E-state index contributed by atoms with van der Waals surface area (Å²) in [6, 6.07) is 0.690. The van der Waals surface area contributed by atoms with Gasteiger partial charge in [0.15, 0.2) is 0 Å². The fourth-order valence-electron chi connectivity index (χ4n) is 2.23. The van der Waals surface area contributed by atoms with Gasteiger partial charge in [-0.2, -0.15) is 0 Å². The SMILES string of the molecule is CC1CN(C)CCN1CCCCCC=O. The Labute approximate surface area is 93.4 Å². The highest BCUT2D eigenvalue weighted by molar-refractivity contribution is 5.48. The molecule has 0 aromatic heterocycles.